The molecule has 8 aromatic rings. The van der Waals surface area contributed by atoms with Gasteiger partial charge in [0.05, 0.1) is 34.9 Å². The molecule has 0 N–H and O–H groups in total. The Hall–Kier alpha value is -7.10. The number of para-hydroxylation sites is 1. The van der Waals surface area contributed by atoms with Gasteiger partial charge in [0.2, 0.25) is 0 Å². The van der Waals surface area contributed by atoms with Crippen LogP contribution >= 0.6 is 0 Å². The minimum absolute atomic E-state index is 0.523. The van der Waals surface area contributed by atoms with Gasteiger partial charge in [0.1, 0.15) is 23.3 Å². The summed E-state index contributed by atoms with van der Waals surface area (Å²) >= 11 is 0. The molecule has 3 aromatic heterocycles. The van der Waals surface area contributed by atoms with E-state index in [0.29, 0.717) is 46.2 Å². The van der Waals surface area contributed by atoms with E-state index in [1.165, 1.54) is 0 Å². The maximum atomic E-state index is 9.97. The highest BCUT2D eigenvalue weighted by atomic mass is 15.0. The van der Waals surface area contributed by atoms with Crippen molar-refractivity contribution in [1.82, 2.24) is 34.5 Å². The summed E-state index contributed by atoms with van der Waals surface area (Å²) in [5.41, 5.74) is 9.02. The molecule has 9 nitrogen and oxygen atoms in total. The van der Waals surface area contributed by atoms with Crippen molar-refractivity contribution in [3.05, 3.63) is 143 Å². The van der Waals surface area contributed by atoms with Gasteiger partial charge in [0, 0.05) is 21.9 Å². The Morgan fingerprint density at radius 2 is 1.08 bits per heavy atom. The zero-order valence-corrected chi connectivity index (χ0v) is 28.3. The maximum Gasteiger partial charge on any atom is 0.194 e. The number of aromatic nitrogens is 7. The second kappa shape index (κ2) is 12.4. The van der Waals surface area contributed by atoms with Crippen LogP contribution in [0.5, 0.6) is 0 Å². The quantitative estimate of drug-likeness (QED) is 0.169. The first-order valence-corrected chi connectivity index (χ1v) is 16.4. The molecule has 0 saturated heterocycles. The SMILES string of the molecule is [C-]#[N+]c1ccccc1-c1ccc2c3ccc(-c4ccccc4C#N)cc3n(-c3ccc(-c4nc(C)nc(C)n4)cc3-c3nc(C)nc(C)n3)c2c1. The number of hydrogen-bond acceptors (Lipinski definition) is 7. The summed E-state index contributed by atoms with van der Waals surface area (Å²) in [5, 5.41) is 12.0. The molecule has 0 atom stereocenters. The van der Waals surface area contributed by atoms with Gasteiger partial charge < -0.3 is 4.57 Å². The Balaban J connectivity index is 1.49. The van der Waals surface area contributed by atoms with Gasteiger partial charge in [-0.15, -0.1) is 0 Å². The number of benzene rings is 5. The molecule has 51 heavy (non-hydrogen) atoms. The van der Waals surface area contributed by atoms with Crippen molar-refractivity contribution in [2.45, 2.75) is 27.7 Å². The number of rotatable bonds is 5. The molecule has 242 valence electrons. The number of nitriles is 1. The lowest BCUT2D eigenvalue weighted by molar-refractivity contribution is 0.924. The summed E-state index contributed by atoms with van der Waals surface area (Å²) in [6.45, 7) is 15.3. The van der Waals surface area contributed by atoms with Crippen molar-refractivity contribution >= 4 is 27.5 Å². The van der Waals surface area contributed by atoms with Crippen LogP contribution in [0.3, 0.4) is 0 Å². The molecule has 5 aromatic carbocycles. The standard InChI is InChI=1S/C42H29N9/c1-24-45-25(2)48-41(47-24)30-16-19-38(36(20-30)42-49-26(3)46-27(4)50-42)51-39-21-28(32-11-7-6-10-31(32)23-43)14-17-34(39)35-18-15-29(22-40(35)51)33-12-8-9-13-37(33)44-5/h6-22H,1-4H3. The molecule has 0 fully saturated rings. The van der Waals surface area contributed by atoms with Gasteiger partial charge in [0.15, 0.2) is 17.3 Å². The van der Waals surface area contributed by atoms with Crippen LogP contribution < -0.4 is 0 Å². The van der Waals surface area contributed by atoms with Crippen molar-refractivity contribution in [3.8, 4) is 56.8 Å². The van der Waals surface area contributed by atoms with Gasteiger partial charge in [-0.05, 0) is 86.3 Å². The van der Waals surface area contributed by atoms with Crippen LogP contribution in [0.4, 0.5) is 5.69 Å². The molecule has 0 radical (unpaired) electrons. The third-order valence-electron chi connectivity index (χ3n) is 8.92. The molecule has 0 spiro atoms. The van der Waals surface area contributed by atoms with E-state index in [2.05, 4.69) is 77.9 Å². The smallest absolute Gasteiger partial charge is 0.194 e. The Labute approximate surface area is 294 Å². The molecule has 0 aliphatic heterocycles. The minimum Gasteiger partial charge on any atom is -0.308 e. The monoisotopic (exact) mass is 659 g/mol. The Kier molecular flexibility index (Phi) is 7.59. The van der Waals surface area contributed by atoms with Gasteiger partial charge in [-0.3, -0.25) is 0 Å². The number of nitrogens with zero attached hydrogens (tertiary/aromatic N) is 9. The molecule has 0 saturated carbocycles. The fraction of sp³-hybridized carbons (Fsp3) is 0.0952. The van der Waals surface area contributed by atoms with Crippen LogP contribution in [-0.4, -0.2) is 34.5 Å². The van der Waals surface area contributed by atoms with E-state index < -0.39 is 0 Å². The van der Waals surface area contributed by atoms with Crippen LogP contribution in [-0.2, 0) is 0 Å². The predicted molar refractivity (Wildman–Crippen MR) is 199 cm³/mol. The van der Waals surface area contributed by atoms with E-state index >= 15 is 0 Å². The van der Waals surface area contributed by atoms with E-state index in [1.54, 1.807) is 0 Å². The van der Waals surface area contributed by atoms with Crippen LogP contribution in [0.2, 0.25) is 0 Å². The number of aryl methyl sites for hydroxylation is 4. The summed E-state index contributed by atoms with van der Waals surface area (Å²) in [6, 6.07) is 36.4. The molecular weight excluding hydrogens is 631 g/mol. The topological polar surface area (TPSA) is 110 Å². The van der Waals surface area contributed by atoms with Gasteiger partial charge in [-0.2, -0.15) is 5.26 Å². The summed E-state index contributed by atoms with van der Waals surface area (Å²) < 4.78 is 2.23. The van der Waals surface area contributed by atoms with Crippen molar-refractivity contribution in [2.24, 2.45) is 0 Å². The Morgan fingerprint density at radius 1 is 0.549 bits per heavy atom. The Bertz CT molecular complexity index is 2630. The summed E-state index contributed by atoms with van der Waals surface area (Å²) in [7, 11) is 0. The first kappa shape index (κ1) is 31.2. The van der Waals surface area contributed by atoms with Crippen molar-refractivity contribution < 1.29 is 0 Å². The van der Waals surface area contributed by atoms with Crippen molar-refractivity contribution in [3.63, 3.8) is 0 Å². The van der Waals surface area contributed by atoms with Crippen LogP contribution in [0.1, 0.15) is 28.9 Å². The predicted octanol–water partition coefficient (Wildman–Crippen LogP) is 9.48. The zero-order valence-electron chi connectivity index (χ0n) is 28.3. The molecule has 3 heterocycles. The van der Waals surface area contributed by atoms with Crippen LogP contribution in [0.15, 0.2) is 103 Å². The fourth-order valence-electron chi connectivity index (χ4n) is 6.79. The summed E-state index contributed by atoms with van der Waals surface area (Å²) in [6.07, 6.45) is 0. The number of hydrogen-bond donors (Lipinski definition) is 0. The van der Waals surface area contributed by atoms with E-state index in [1.807, 2.05) is 88.4 Å². The average molecular weight is 660 g/mol. The normalized spacial score (nSPS) is 11.1. The van der Waals surface area contributed by atoms with Crippen molar-refractivity contribution in [1.29, 1.82) is 5.26 Å². The van der Waals surface area contributed by atoms with Gasteiger partial charge in [-0.1, -0.05) is 66.7 Å². The lowest BCUT2D eigenvalue weighted by atomic mass is 9.98. The van der Waals surface area contributed by atoms with E-state index in [0.717, 1.165) is 60.9 Å². The average Bonchev–Trinajstić information content (AvgIpc) is 3.46. The summed E-state index contributed by atoms with van der Waals surface area (Å²) in [5.74, 6) is 3.57. The highest BCUT2D eigenvalue weighted by Crippen LogP contribution is 2.41. The second-order valence-corrected chi connectivity index (χ2v) is 12.3. The molecule has 0 bridgehead atoms. The van der Waals surface area contributed by atoms with Gasteiger partial charge in [0.25, 0.3) is 0 Å². The molecule has 0 unspecified atom stereocenters. The largest absolute Gasteiger partial charge is 0.308 e. The lowest BCUT2D eigenvalue weighted by Crippen LogP contribution is -2.05. The molecule has 8 rings (SSSR count). The van der Waals surface area contributed by atoms with E-state index in [9.17, 15) is 5.26 Å². The first-order valence-electron chi connectivity index (χ1n) is 16.4. The zero-order chi connectivity index (χ0) is 35.2. The Morgan fingerprint density at radius 3 is 1.69 bits per heavy atom. The van der Waals surface area contributed by atoms with Crippen molar-refractivity contribution in [2.75, 3.05) is 0 Å². The summed E-state index contributed by atoms with van der Waals surface area (Å²) in [4.78, 5) is 31.6. The molecule has 0 aliphatic rings. The van der Waals surface area contributed by atoms with Gasteiger partial charge in [-0.25, -0.2) is 34.7 Å². The molecule has 0 aliphatic carbocycles. The van der Waals surface area contributed by atoms with E-state index in [-0.39, 0.29) is 0 Å². The van der Waals surface area contributed by atoms with Crippen LogP contribution in [0, 0.1) is 45.6 Å². The molecule has 9 heteroatoms. The molecule has 0 amide bonds. The lowest BCUT2D eigenvalue weighted by Gasteiger charge is -2.16. The van der Waals surface area contributed by atoms with Gasteiger partial charge >= 0.3 is 0 Å². The fourth-order valence-corrected chi connectivity index (χ4v) is 6.79. The molecular formula is C42H29N9. The highest BCUT2D eigenvalue weighted by Gasteiger charge is 2.21. The number of fused-ring (bicyclic) bond motifs is 3. The third kappa shape index (κ3) is 5.53. The first-order chi connectivity index (χ1) is 24.8. The van der Waals surface area contributed by atoms with E-state index in [4.69, 9.17) is 16.5 Å². The van der Waals surface area contributed by atoms with Crippen LogP contribution in [0.25, 0.3) is 77.4 Å². The maximum absolute atomic E-state index is 9.97. The second-order valence-electron chi connectivity index (χ2n) is 12.3. The minimum atomic E-state index is 0.523. The highest BCUT2D eigenvalue weighted by molar-refractivity contribution is 6.12. The third-order valence-corrected chi connectivity index (χ3v) is 8.92.